The first kappa shape index (κ1) is 9.70. The van der Waals surface area contributed by atoms with Crippen molar-refractivity contribution >= 4 is 12.1 Å². The number of carbonyl (C=O) groups is 2. The zero-order chi connectivity index (χ0) is 8.69. The van der Waals surface area contributed by atoms with Gasteiger partial charge in [0.25, 0.3) is 0 Å². The molecule has 0 unspecified atom stereocenters. The number of carbonyl (C=O) groups excluding carboxylic acids is 2. The first-order chi connectivity index (χ1) is 5.16. The highest BCUT2D eigenvalue weighted by atomic mass is 16.8. The third-order valence-corrected chi connectivity index (χ3v) is 0.679. The average Bonchev–Trinajstić information content (AvgIpc) is 2.41. The van der Waals surface area contributed by atoms with Gasteiger partial charge in [0.05, 0.1) is 0 Å². The largest absolute Gasteiger partial charge is 0.508 e. The fraction of sp³-hybridized carbons (Fsp3) is 0.600. The Balaban J connectivity index is 0.000000187. The monoisotopic (exact) mass is 163 g/mol. The smallest absolute Gasteiger partial charge is 0.431 e. The first-order valence-corrected chi connectivity index (χ1v) is 2.85. The van der Waals surface area contributed by atoms with Gasteiger partial charge in [0.2, 0.25) is 5.91 Å². The Hall–Kier alpha value is -1.30. The Kier molecular flexibility index (Phi) is 4.83. The highest BCUT2D eigenvalue weighted by Crippen LogP contribution is 1.92. The van der Waals surface area contributed by atoms with Crippen molar-refractivity contribution in [2.45, 2.75) is 0 Å². The van der Waals surface area contributed by atoms with E-state index in [-0.39, 0.29) is 0 Å². The van der Waals surface area contributed by atoms with Gasteiger partial charge in [-0.15, -0.1) is 0 Å². The van der Waals surface area contributed by atoms with Crippen molar-refractivity contribution in [3.8, 4) is 0 Å². The molecule has 6 heteroatoms. The lowest BCUT2D eigenvalue weighted by atomic mass is 10.7. The van der Waals surface area contributed by atoms with Crippen LogP contribution >= 0.6 is 0 Å². The minimum Gasteiger partial charge on any atom is -0.431 e. The molecule has 0 spiro atoms. The number of primary amides is 1. The highest BCUT2D eigenvalue weighted by molar-refractivity contribution is 5.74. The van der Waals surface area contributed by atoms with E-state index in [0.717, 1.165) is 0 Å². The molecule has 6 nitrogen and oxygen atoms in total. The summed E-state index contributed by atoms with van der Waals surface area (Å²) in [5.74, 6) is -0.690. The third kappa shape index (κ3) is 6.59. The summed E-state index contributed by atoms with van der Waals surface area (Å²) in [5.41, 5.74) is 4.40. The molecule has 1 saturated heterocycles. The van der Waals surface area contributed by atoms with Crippen LogP contribution in [0.2, 0.25) is 0 Å². The topological polar surface area (TPSA) is 98.9 Å². The Bertz CT molecular complexity index is 138. The molecule has 1 aliphatic heterocycles. The maximum Gasteiger partial charge on any atom is 0.508 e. The molecule has 1 heterocycles. The molecule has 1 amide bonds. The van der Waals surface area contributed by atoms with Gasteiger partial charge in [-0.2, -0.15) is 0 Å². The fourth-order valence-corrected chi connectivity index (χ4v) is 0.292. The molecule has 0 aliphatic carbocycles. The summed E-state index contributed by atoms with van der Waals surface area (Å²) in [6.07, 6.45) is -0.546. The van der Waals surface area contributed by atoms with Crippen LogP contribution in [0.3, 0.4) is 0 Å². The molecule has 0 aromatic rings. The molecular formula is C5H9NO5. The third-order valence-electron chi connectivity index (χ3n) is 0.679. The van der Waals surface area contributed by atoms with Crippen LogP contribution in [-0.4, -0.2) is 37.0 Å². The number of hydrogen-bond acceptors (Lipinski definition) is 5. The van der Waals surface area contributed by atoms with Crippen molar-refractivity contribution in [2.75, 3.05) is 19.8 Å². The molecule has 0 aromatic heterocycles. The van der Waals surface area contributed by atoms with E-state index in [1.165, 1.54) is 0 Å². The summed E-state index contributed by atoms with van der Waals surface area (Å²) < 4.78 is 8.58. The van der Waals surface area contributed by atoms with E-state index >= 15 is 0 Å². The SMILES string of the molecule is NC(=O)CO.O=C1OCCO1. The molecule has 1 aliphatic rings. The zero-order valence-corrected chi connectivity index (χ0v) is 5.78. The van der Waals surface area contributed by atoms with E-state index in [1.807, 2.05) is 0 Å². The van der Waals surface area contributed by atoms with Gasteiger partial charge in [-0.25, -0.2) is 4.79 Å². The first-order valence-electron chi connectivity index (χ1n) is 2.85. The second-order valence-electron chi connectivity index (χ2n) is 1.57. The van der Waals surface area contributed by atoms with Crippen LogP contribution in [0.25, 0.3) is 0 Å². The van der Waals surface area contributed by atoms with Gasteiger partial charge < -0.3 is 20.3 Å². The Labute approximate surface area is 62.9 Å². The van der Waals surface area contributed by atoms with Crippen molar-refractivity contribution in [3.05, 3.63) is 0 Å². The minimum absolute atomic E-state index is 0.416. The van der Waals surface area contributed by atoms with Gasteiger partial charge in [-0.3, -0.25) is 4.79 Å². The van der Waals surface area contributed by atoms with Crippen molar-refractivity contribution < 1.29 is 24.2 Å². The van der Waals surface area contributed by atoms with Gasteiger partial charge >= 0.3 is 6.16 Å². The summed E-state index contributed by atoms with van der Waals surface area (Å²) in [6.45, 7) is 0.275. The number of cyclic esters (lactones) is 2. The standard InChI is InChI=1S/C3H4O3.C2H5NO2/c4-3-5-1-2-6-3;3-2(5)1-4/h1-2H2;4H,1H2,(H2,3,5). The zero-order valence-electron chi connectivity index (χ0n) is 5.78. The van der Waals surface area contributed by atoms with Crippen LogP contribution in [0.5, 0.6) is 0 Å². The number of hydrogen-bond donors (Lipinski definition) is 2. The van der Waals surface area contributed by atoms with E-state index in [2.05, 4.69) is 15.2 Å². The lowest BCUT2D eigenvalue weighted by molar-refractivity contribution is -0.120. The van der Waals surface area contributed by atoms with Gasteiger partial charge in [-0.1, -0.05) is 0 Å². The van der Waals surface area contributed by atoms with E-state index in [9.17, 15) is 9.59 Å². The summed E-state index contributed by atoms with van der Waals surface area (Å²) in [6, 6.07) is 0. The molecule has 0 saturated carbocycles. The quantitative estimate of drug-likeness (QED) is 0.464. The lowest BCUT2D eigenvalue weighted by Crippen LogP contribution is -2.14. The minimum atomic E-state index is -0.690. The molecule has 1 rings (SSSR count). The summed E-state index contributed by atoms with van der Waals surface area (Å²) in [4.78, 5) is 19.1. The predicted octanol–water partition coefficient (Wildman–Crippen LogP) is -1.38. The molecule has 3 N–H and O–H groups in total. The molecule has 64 valence electrons. The van der Waals surface area contributed by atoms with Gasteiger partial charge in [-0.05, 0) is 0 Å². The number of aliphatic hydroxyl groups excluding tert-OH is 1. The van der Waals surface area contributed by atoms with E-state index in [1.54, 1.807) is 0 Å². The molecule has 1 fully saturated rings. The van der Waals surface area contributed by atoms with Gasteiger partial charge in [0.1, 0.15) is 19.8 Å². The van der Waals surface area contributed by atoms with E-state index in [0.29, 0.717) is 13.2 Å². The van der Waals surface area contributed by atoms with E-state index in [4.69, 9.17) is 5.11 Å². The lowest BCUT2D eigenvalue weighted by Gasteiger charge is -1.78. The summed E-state index contributed by atoms with van der Waals surface area (Å²) in [7, 11) is 0. The number of amides is 1. The number of ether oxygens (including phenoxy) is 2. The summed E-state index contributed by atoms with van der Waals surface area (Å²) >= 11 is 0. The van der Waals surface area contributed by atoms with Crippen LogP contribution in [0, 0.1) is 0 Å². The Morgan fingerprint density at radius 1 is 1.55 bits per heavy atom. The Morgan fingerprint density at radius 3 is 2.00 bits per heavy atom. The molecule has 11 heavy (non-hydrogen) atoms. The second kappa shape index (κ2) is 5.48. The number of nitrogens with two attached hydrogens (primary N) is 1. The van der Waals surface area contributed by atoms with Crippen LogP contribution < -0.4 is 5.73 Å². The number of rotatable bonds is 1. The average molecular weight is 163 g/mol. The molecule has 0 bridgehead atoms. The molecular weight excluding hydrogens is 154 g/mol. The fourth-order valence-electron chi connectivity index (χ4n) is 0.292. The normalized spacial score (nSPS) is 14.1. The number of aliphatic hydroxyl groups is 1. The molecule has 0 atom stereocenters. The van der Waals surface area contributed by atoms with Gasteiger partial charge in [0.15, 0.2) is 0 Å². The van der Waals surface area contributed by atoms with Crippen LogP contribution in [0.15, 0.2) is 0 Å². The van der Waals surface area contributed by atoms with E-state index < -0.39 is 18.7 Å². The highest BCUT2D eigenvalue weighted by Gasteiger charge is 2.09. The van der Waals surface area contributed by atoms with Crippen molar-refractivity contribution in [2.24, 2.45) is 5.73 Å². The summed E-state index contributed by atoms with van der Waals surface area (Å²) in [5, 5.41) is 7.67. The van der Waals surface area contributed by atoms with Crippen LogP contribution in [0.4, 0.5) is 4.79 Å². The van der Waals surface area contributed by atoms with Crippen LogP contribution in [-0.2, 0) is 14.3 Å². The molecule has 0 aromatic carbocycles. The maximum absolute atomic E-state index is 9.80. The van der Waals surface area contributed by atoms with Crippen molar-refractivity contribution in [1.82, 2.24) is 0 Å². The van der Waals surface area contributed by atoms with Crippen molar-refractivity contribution in [3.63, 3.8) is 0 Å². The second-order valence-corrected chi connectivity index (χ2v) is 1.57. The predicted molar refractivity (Wildman–Crippen MR) is 33.6 cm³/mol. The Morgan fingerprint density at radius 2 is 1.91 bits per heavy atom. The molecule has 0 radical (unpaired) electrons. The van der Waals surface area contributed by atoms with Crippen LogP contribution in [0.1, 0.15) is 0 Å². The van der Waals surface area contributed by atoms with Gasteiger partial charge in [0, 0.05) is 0 Å². The maximum atomic E-state index is 9.80. The van der Waals surface area contributed by atoms with Crippen molar-refractivity contribution in [1.29, 1.82) is 0 Å².